The highest BCUT2D eigenvalue weighted by molar-refractivity contribution is 8.18. The van der Waals surface area contributed by atoms with Gasteiger partial charge in [-0.3, -0.25) is 10.2 Å². The lowest BCUT2D eigenvalue weighted by atomic mass is 9.99. The lowest BCUT2D eigenvalue weighted by molar-refractivity contribution is -0.115. The Morgan fingerprint density at radius 3 is 2.29 bits per heavy atom. The summed E-state index contributed by atoms with van der Waals surface area (Å²) in [7, 11) is 0. The van der Waals surface area contributed by atoms with Crippen LogP contribution in [-0.2, 0) is 4.79 Å². The van der Waals surface area contributed by atoms with E-state index in [1.807, 2.05) is 19.9 Å². The third-order valence-corrected chi connectivity index (χ3v) is 3.51. The van der Waals surface area contributed by atoms with Gasteiger partial charge in [0.2, 0.25) is 0 Å². The molecule has 0 radical (unpaired) electrons. The zero-order chi connectivity index (χ0) is 12.6. The van der Waals surface area contributed by atoms with Crippen molar-refractivity contribution in [3.8, 4) is 0 Å². The van der Waals surface area contributed by atoms with Crippen molar-refractivity contribution in [1.82, 2.24) is 5.32 Å². The van der Waals surface area contributed by atoms with E-state index in [-0.39, 0.29) is 11.1 Å². The Balaban J connectivity index is 2.46. The first-order valence-electron chi connectivity index (χ1n) is 5.34. The molecule has 0 unspecified atom stereocenters. The molecule has 0 aliphatic carbocycles. The van der Waals surface area contributed by atoms with Crippen LogP contribution in [0.4, 0.5) is 0 Å². The van der Waals surface area contributed by atoms with Gasteiger partial charge in [0.15, 0.2) is 5.17 Å². The molecule has 0 spiro atoms. The number of carbonyl (C=O) groups excluding carboxylic acids is 1. The van der Waals surface area contributed by atoms with Crippen molar-refractivity contribution < 1.29 is 4.79 Å². The first-order chi connectivity index (χ1) is 7.97. The molecule has 1 heterocycles. The number of amidine groups is 1. The van der Waals surface area contributed by atoms with E-state index < -0.39 is 0 Å². The quantitative estimate of drug-likeness (QED) is 0.749. The van der Waals surface area contributed by atoms with Crippen LogP contribution in [0.25, 0.3) is 6.08 Å². The Hall–Kier alpha value is -1.55. The van der Waals surface area contributed by atoms with E-state index in [2.05, 4.69) is 24.4 Å². The highest BCUT2D eigenvalue weighted by Gasteiger charge is 2.22. The fraction of sp³-hybridized carbons (Fsp3) is 0.231. The number of hydrogen-bond acceptors (Lipinski definition) is 3. The molecule has 17 heavy (non-hydrogen) atoms. The minimum Gasteiger partial charge on any atom is -0.301 e. The van der Waals surface area contributed by atoms with Crippen LogP contribution in [0.2, 0.25) is 0 Å². The second-order valence-electron chi connectivity index (χ2n) is 4.21. The molecule has 1 aromatic rings. The van der Waals surface area contributed by atoms with E-state index in [0.717, 1.165) is 16.7 Å². The number of amides is 1. The third kappa shape index (κ3) is 2.42. The molecule has 1 fully saturated rings. The maximum absolute atomic E-state index is 11.5. The van der Waals surface area contributed by atoms with E-state index in [1.165, 1.54) is 17.3 Å². The van der Waals surface area contributed by atoms with E-state index in [1.54, 1.807) is 0 Å². The molecule has 1 amide bonds. The number of aryl methyl sites for hydroxylation is 3. The van der Waals surface area contributed by atoms with Crippen LogP contribution in [0, 0.1) is 26.2 Å². The zero-order valence-corrected chi connectivity index (χ0v) is 10.9. The van der Waals surface area contributed by atoms with Gasteiger partial charge in [0.25, 0.3) is 5.91 Å². The molecule has 88 valence electrons. The fourth-order valence-electron chi connectivity index (χ4n) is 1.99. The third-order valence-electron chi connectivity index (χ3n) is 2.68. The van der Waals surface area contributed by atoms with Gasteiger partial charge >= 0.3 is 0 Å². The molecule has 0 saturated carbocycles. The summed E-state index contributed by atoms with van der Waals surface area (Å²) in [4.78, 5) is 12.1. The number of benzene rings is 1. The van der Waals surface area contributed by atoms with Crippen LogP contribution < -0.4 is 5.32 Å². The summed E-state index contributed by atoms with van der Waals surface area (Å²) in [5, 5.41) is 10.1. The van der Waals surface area contributed by atoms with E-state index >= 15 is 0 Å². The number of nitrogens with one attached hydrogen (secondary N) is 2. The Labute approximate surface area is 105 Å². The smallest absolute Gasteiger partial charge is 0.264 e. The first-order valence-corrected chi connectivity index (χ1v) is 6.16. The van der Waals surface area contributed by atoms with Crippen LogP contribution in [0.15, 0.2) is 17.0 Å². The summed E-state index contributed by atoms with van der Waals surface area (Å²) < 4.78 is 0. The summed E-state index contributed by atoms with van der Waals surface area (Å²) >= 11 is 1.17. The molecule has 1 aliphatic heterocycles. The molecule has 0 aromatic heterocycles. The van der Waals surface area contributed by atoms with E-state index in [4.69, 9.17) is 5.41 Å². The molecule has 3 nitrogen and oxygen atoms in total. The standard InChI is InChI=1S/C13H14N2OS/c1-7-4-8(2)10(9(3)5-7)6-11-12(16)15-13(14)17-11/h4-6H,1-3H3,(H2,14,15,16)/b11-6+. The molecular weight excluding hydrogens is 232 g/mol. The minimum atomic E-state index is -0.181. The molecule has 1 saturated heterocycles. The summed E-state index contributed by atoms with van der Waals surface area (Å²) in [6.07, 6.45) is 1.87. The molecule has 4 heteroatoms. The average molecular weight is 246 g/mol. The molecule has 0 bridgehead atoms. The molecule has 2 N–H and O–H groups in total. The second-order valence-corrected chi connectivity index (χ2v) is 5.26. The van der Waals surface area contributed by atoms with Gasteiger partial charge in [-0.1, -0.05) is 17.7 Å². The molecule has 0 atom stereocenters. The van der Waals surface area contributed by atoms with Gasteiger partial charge in [0, 0.05) is 0 Å². The topological polar surface area (TPSA) is 53.0 Å². The highest BCUT2D eigenvalue weighted by atomic mass is 32.2. The molecule has 1 aromatic carbocycles. The van der Waals surface area contributed by atoms with Gasteiger partial charge in [-0.2, -0.15) is 0 Å². The zero-order valence-electron chi connectivity index (χ0n) is 10.0. The summed E-state index contributed by atoms with van der Waals surface area (Å²) in [5.74, 6) is -0.181. The minimum absolute atomic E-state index is 0.181. The van der Waals surface area contributed by atoms with Crippen molar-refractivity contribution in [1.29, 1.82) is 5.41 Å². The number of rotatable bonds is 1. The molecule has 2 rings (SSSR count). The summed E-state index contributed by atoms with van der Waals surface area (Å²) in [6, 6.07) is 4.20. The van der Waals surface area contributed by atoms with E-state index in [9.17, 15) is 4.79 Å². The van der Waals surface area contributed by atoms with Crippen LogP contribution >= 0.6 is 11.8 Å². The Morgan fingerprint density at radius 1 is 1.24 bits per heavy atom. The van der Waals surface area contributed by atoms with Crippen molar-refractivity contribution in [2.75, 3.05) is 0 Å². The Kier molecular flexibility index (Phi) is 3.07. The van der Waals surface area contributed by atoms with E-state index in [0.29, 0.717) is 4.91 Å². The predicted molar refractivity (Wildman–Crippen MR) is 72.1 cm³/mol. The van der Waals surface area contributed by atoms with Crippen molar-refractivity contribution in [2.24, 2.45) is 0 Å². The van der Waals surface area contributed by atoms with Gasteiger partial charge in [-0.05, 0) is 55.3 Å². The summed E-state index contributed by atoms with van der Waals surface area (Å²) in [5.41, 5.74) is 4.60. The highest BCUT2D eigenvalue weighted by Crippen LogP contribution is 2.27. The first kappa shape index (κ1) is 11.9. The number of thioether (sulfide) groups is 1. The number of carbonyl (C=O) groups is 1. The van der Waals surface area contributed by atoms with Crippen molar-refractivity contribution >= 4 is 28.9 Å². The lowest BCUT2D eigenvalue weighted by Gasteiger charge is -2.07. The van der Waals surface area contributed by atoms with Gasteiger partial charge in [-0.25, -0.2) is 0 Å². The van der Waals surface area contributed by atoms with Crippen LogP contribution in [0.1, 0.15) is 22.3 Å². The Bertz CT molecular complexity index is 523. The van der Waals surface area contributed by atoms with Crippen LogP contribution in [-0.4, -0.2) is 11.1 Å². The Morgan fingerprint density at radius 2 is 1.82 bits per heavy atom. The lowest BCUT2D eigenvalue weighted by Crippen LogP contribution is -2.18. The largest absolute Gasteiger partial charge is 0.301 e. The monoisotopic (exact) mass is 246 g/mol. The maximum atomic E-state index is 11.5. The van der Waals surface area contributed by atoms with Gasteiger partial charge in [0.1, 0.15) is 0 Å². The van der Waals surface area contributed by atoms with Crippen molar-refractivity contribution in [3.63, 3.8) is 0 Å². The van der Waals surface area contributed by atoms with Crippen LogP contribution in [0.5, 0.6) is 0 Å². The maximum Gasteiger partial charge on any atom is 0.264 e. The molecule has 1 aliphatic rings. The average Bonchev–Trinajstić information content (AvgIpc) is 2.51. The SMILES string of the molecule is Cc1cc(C)c(/C=C2/SC(=N)NC2=O)c(C)c1. The molecular formula is C13H14N2OS. The second kappa shape index (κ2) is 4.37. The number of hydrogen-bond donors (Lipinski definition) is 2. The predicted octanol–water partition coefficient (Wildman–Crippen LogP) is 2.75. The van der Waals surface area contributed by atoms with Crippen molar-refractivity contribution in [2.45, 2.75) is 20.8 Å². The van der Waals surface area contributed by atoms with Crippen LogP contribution in [0.3, 0.4) is 0 Å². The van der Waals surface area contributed by atoms with Gasteiger partial charge < -0.3 is 5.32 Å². The van der Waals surface area contributed by atoms with Gasteiger partial charge in [-0.15, -0.1) is 0 Å². The van der Waals surface area contributed by atoms with Crippen molar-refractivity contribution in [3.05, 3.63) is 39.3 Å². The normalized spacial score (nSPS) is 17.7. The van der Waals surface area contributed by atoms with Gasteiger partial charge in [0.05, 0.1) is 4.91 Å². The fourth-order valence-corrected chi connectivity index (χ4v) is 2.68. The summed E-state index contributed by atoms with van der Waals surface area (Å²) in [6.45, 7) is 6.13.